The summed E-state index contributed by atoms with van der Waals surface area (Å²) in [6, 6.07) is 11.0. The number of rotatable bonds is 6. The Bertz CT molecular complexity index is 746. The number of carbonyl (C=O) groups excluding carboxylic acids is 1. The average molecular weight is 403 g/mol. The van der Waals surface area contributed by atoms with Crippen LogP contribution >= 0.6 is 0 Å². The number of carbonyl (C=O) groups is 1. The van der Waals surface area contributed by atoms with Gasteiger partial charge in [-0.25, -0.2) is 4.79 Å². The van der Waals surface area contributed by atoms with Gasteiger partial charge in [0.25, 0.3) is 0 Å². The van der Waals surface area contributed by atoms with Gasteiger partial charge < -0.3 is 14.6 Å². The van der Waals surface area contributed by atoms with Crippen molar-refractivity contribution in [3.63, 3.8) is 0 Å². The molecule has 0 aromatic heterocycles. The van der Waals surface area contributed by atoms with E-state index in [1.807, 2.05) is 65.8 Å². The molecule has 1 N–H and O–H groups in total. The number of methoxy groups -OCH3 is 1. The molecule has 0 aliphatic carbocycles. The van der Waals surface area contributed by atoms with Gasteiger partial charge in [0, 0.05) is 5.41 Å². The van der Waals surface area contributed by atoms with Crippen molar-refractivity contribution in [2.45, 2.75) is 67.2 Å². The molecular weight excluding hydrogens is 364 g/mol. The molecule has 162 valence electrons. The molecular formula is C25H38O4. The molecule has 2 aromatic rings. The highest BCUT2D eigenvalue weighted by Crippen LogP contribution is 2.37. The van der Waals surface area contributed by atoms with Crippen LogP contribution in [-0.2, 0) is 10.2 Å². The number of hydrogen-bond donors (Lipinski definition) is 1. The summed E-state index contributed by atoms with van der Waals surface area (Å²) in [4.78, 5) is 12.3. The third kappa shape index (κ3) is 6.81. The number of aryl methyl sites for hydroxylation is 1. The van der Waals surface area contributed by atoms with Crippen molar-refractivity contribution in [1.29, 1.82) is 0 Å². The predicted octanol–water partition coefficient (Wildman–Crippen LogP) is 6.65. The van der Waals surface area contributed by atoms with Crippen molar-refractivity contribution >= 4 is 5.97 Å². The molecule has 29 heavy (non-hydrogen) atoms. The molecule has 0 saturated carbocycles. The second kappa shape index (κ2) is 12.9. The smallest absolute Gasteiger partial charge is 0.341 e. The SMILES string of the molecule is CC.CC.CCCOc1c(C)cc(C(C)(C)c2ccc(O)cc2)cc1C(=O)OC. The summed E-state index contributed by atoms with van der Waals surface area (Å²) in [5.41, 5.74) is 3.03. The average Bonchev–Trinajstić information content (AvgIpc) is 2.75. The fourth-order valence-electron chi connectivity index (χ4n) is 2.84. The van der Waals surface area contributed by atoms with Crippen LogP contribution in [0.25, 0.3) is 0 Å². The van der Waals surface area contributed by atoms with E-state index in [0.717, 1.165) is 23.1 Å². The number of hydrogen-bond acceptors (Lipinski definition) is 4. The largest absolute Gasteiger partial charge is 0.508 e. The van der Waals surface area contributed by atoms with Crippen LogP contribution in [0.2, 0.25) is 0 Å². The highest BCUT2D eigenvalue weighted by atomic mass is 16.5. The Hall–Kier alpha value is -2.49. The Balaban J connectivity index is 0.00000184. The lowest BCUT2D eigenvalue weighted by Crippen LogP contribution is -2.20. The highest BCUT2D eigenvalue weighted by molar-refractivity contribution is 5.93. The maximum Gasteiger partial charge on any atom is 0.341 e. The normalized spacial score (nSPS) is 10.1. The number of esters is 1. The minimum absolute atomic E-state index is 0.231. The molecule has 0 spiro atoms. The zero-order chi connectivity index (χ0) is 22.6. The van der Waals surface area contributed by atoms with E-state index in [4.69, 9.17) is 9.47 Å². The lowest BCUT2D eigenvalue weighted by Gasteiger charge is -2.28. The topological polar surface area (TPSA) is 55.8 Å². The number of phenols is 1. The monoisotopic (exact) mass is 402 g/mol. The van der Waals surface area contributed by atoms with Crippen LogP contribution in [0.4, 0.5) is 0 Å². The first-order valence-electron chi connectivity index (χ1n) is 10.5. The second-order valence-electron chi connectivity index (χ2n) is 6.68. The van der Waals surface area contributed by atoms with Crippen LogP contribution in [0.1, 0.15) is 81.9 Å². The lowest BCUT2D eigenvalue weighted by molar-refractivity contribution is 0.0595. The second-order valence-corrected chi connectivity index (χ2v) is 6.68. The predicted molar refractivity (Wildman–Crippen MR) is 121 cm³/mol. The summed E-state index contributed by atoms with van der Waals surface area (Å²) in [5, 5.41) is 9.53. The number of ether oxygens (including phenoxy) is 2. The molecule has 4 heteroatoms. The molecule has 0 heterocycles. The van der Waals surface area contributed by atoms with Gasteiger partial charge in [-0.1, -0.05) is 66.7 Å². The van der Waals surface area contributed by atoms with Crippen molar-refractivity contribution in [1.82, 2.24) is 0 Å². The van der Waals surface area contributed by atoms with Crippen molar-refractivity contribution in [3.05, 3.63) is 58.7 Å². The quantitative estimate of drug-likeness (QED) is 0.549. The highest BCUT2D eigenvalue weighted by Gasteiger charge is 2.27. The summed E-state index contributed by atoms with van der Waals surface area (Å²) in [6.07, 6.45) is 0.862. The minimum Gasteiger partial charge on any atom is -0.508 e. The Labute approximate surface area is 176 Å². The zero-order valence-electron chi connectivity index (χ0n) is 19.6. The first-order chi connectivity index (χ1) is 13.8. The van der Waals surface area contributed by atoms with Gasteiger partial charge in [-0.3, -0.25) is 0 Å². The molecule has 4 nitrogen and oxygen atoms in total. The number of phenolic OH excluding ortho intramolecular Hbond substituents is 1. The summed E-state index contributed by atoms with van der Waals surface area (Å²) >= 11 is 0. The summed E-state index contributed by atoms with van der Waals surface area (Å²) in [5.74, 6) is 0.408. The molecule has 0 bridgehead atoms. The van der Waals surface area contributed by atoms with Gasteiger partial charge in [0.15, 0.2) is 0 Å². The van der Waals surface area contributed by atoms with Gasteiger partial charge in [-0.2, -0.15) is 0 Å². The van der Waals surface area contributed by atoms with Crippen LogP contribution in [-0.4, -0.2) is 24.8 Å². The number of aromatic hydroxyl groups is 1. The summed E-state index contributed by atoms with van der Waals surface area (Å²) < 4.78 is 10.7. The van der Waals surface area contributed by atoms with Crippen molar-refractivity contribution in [2.75, 3.05) is 13.7 Å². The zero-order valence-corrected chi connectivity index (χ0v) is 19.6. The molecule has 0 unspecified atom stereocenters. The van der Waals surface area contributed by atoms with Crippen molar-refractivity contribution < 1.29 is 19.4 Å². The van der Waals surface area contributed by atoms with Crippen molar-refractivity contribution in [3.8, 4) is 11.5 Å². The standard InChI is InChI=1S/C21H26O4.2C2H6/c1-6-11-25-19-14(2)12-16(13-18(19)20(23)24-5)21(3,4)15-7-9-17(22)10-8-15;2*1-2/h7-10,12-13,22H,6,11H2,1-5H3;2*1-2H3. The van der Waals surface area contributed by atoms with Gasteiger partial charge >= 0.3 is 5.97 Å². The van der Waals surface area contributed by atoms with Crippen LogP contribution < -0.4 is 4.74 Å². The van der Waals surface area contributed by atoms with E-state index >= 15 is 0 Å². The van der Waals surface area contributed by atoms with Gasteiger partial charge in [0.2, 0.25) is 0 Å². The van der Waals surface area contributed by atoms with Gasteiger partial charge in [-0.05, 0) is 48.2 Å². The Morgan fingerprint density at radius 1 is 1.00 bits per heavy atom. The van der Waals surface area contributed by atoms with Crippen molar-refractivity contribution in [2.24, 2.45) is 0 Å². The summed E-state index contributed by atoms with van der Waals surface area (Å²) in [7, 11) is 1.37. The van der Waals surface area contributed by atoms with Crippen LogP contribution in [0, 0.1) is 6.92 Å². The van der Waals surface area contributed by atoms with E-state index in [9.17, 15) is 9.90 Å². The Kier molecular flexibility index (Phi) is 11.8. The molecule has 0 radical (unpaired) electrons. The molecule has 0 aliphatic heterocycles. The van der Waals surface area contributed by atoms with E-state index in [1.54, 1.807) is 12.1 Å². The summed E-state index contributed by atoms with van der Waals surface area (Å²) in [6.45, 7) is 16.7. The van der Waals surface area contributed by atoms with E-state index in [-0.39, 0.29) is 11.2 Å². The van der Waals surface area contributed by atoms with Gasteiger partial charge in [0.05, 0.1) is 13.7 Å². The third-order valence-electron chi connectivity index (χ3n) is 4.44. The third-order valence-corrected chi connectivity index (χ3v) is 4.44. The molecule has 0 amide bonds. The molecule has 0 fully saturated rings. The van der Waals surface area contributed by atoms with E-state index in [2.05, 4.69) is 13.8 Å². The maximum atomic E-state index is 12.3. The lowest BCUT2D eigenvalue weighted by atomic mass is 9.77. The first-order valence-corrected chi connectivity index (χ1v) is 10.5. The van der Waals surface area contributed by atoms with E-state index < -0.39 is 5.97 Å². The maximum absolute atomic E-state index is 12.3. The molecule has 0 atom stereocenters. The molecule has 0 saturated heterocycles. The van der Waals surface area contributed by atoms with Crippen LogP contribution in [0.15, 0.2) is 36.4 Å². The number of benzene rings is 2. The van der Waals surface area contributed by atoms with Gasteiger partial charge in [0.1, 0.15) is 17.1 Å². The fourth-order valence-corrected chi connectivity index (χ4v) is 2.84. The Morgan fingerprint density at radius 2 is 1.55 bits per heavy atom. The first kappa shape index (κ1) is 26.5. The minimum atomic E-state index is -0.405. The molecule has 2 rings (SSSR count). The van der Waals surface area contributed by atoms with Gasteiger partial charge in [-0.15, -0.1) is 0 Å². The Morgan fingerprint density at radius 3 is 2.03 bits per heavy atom. The van der Waals surface area contributed by atoms with E-state index in [0.29, 0.717) is 17.9 Å². The molecule has 0 aliphatic rings. The van der Waals surface area contributed by atoms with Crippen LogP contribution in [0.5, 0.6) is 11.5 Å². The fraction of sp³-hybridized carbons (Fsp3) is 0.480. The van der Waals surface area contributed by atoms with Crippen LogP contribution in [0.3, 0.4) is 0 Å². The van der Waals surface area contributed by atoms with E-state index in [1.165, 1.54) is 7.11 Å². The molecule has 2 aromatic carbocycles.